The van der Waals surface area contributed by atoms with Crippen LogP contribution in [0.2, 0.25) is 0 Å². The Kier molecular flexibility index (Phi) is 4.97. The highest BCUT2D eigenvalue weighted by molar-refractivity contribution is 5.87. The lowest BCUT2D eigenvalue weighted by molar-refractivity contribution is -0.136. The molecule has 3 nitrogen and oxygen atoms in total. The van der Waals surface area contributed by atoms with Crippen LogP contribution in [0.15, 0.2) is 0 Å². The highest BCUT2D eigenvalue weighted by Crippen LogP contribution is 2.26. The number of amides is 1. The Morgan fingerprint density at radius 1 is 1.19 bits per heavy atom. The van der Waals surface area contributed by atoms with Crippen molar-refractivity contribution in [2.24, 2.45) is 11.8 Å². The predicted octanol–water partition coefficient (Wildman–Crippen LogP) is 2.25. The first-order valence-electron chi connectivity index (χ1n) is 6.26. The molecule has 0 spiro atoms. The average Bonchev–Trinajstić information content (AvgIpc) is 2.28. The van der Waals surface area contributed by atoms with Crippen LogP contribution in [0.1, 0.15) is 45.4 Å². The second kappa shape index (κ2) is 6.02. The van der Waals surface area contributed by atoms with E-state index >= 15 is 0 Å². The number of carbonyl (C=O) groups is 2. The van der Waals surface area contributed by atoms with Crippen LogP contribution in [0.5, 0.6) is 0 Å². The summed E-state index contributed by atoms with van der Waals surface area (Å²) >= 11 is 0. The van der Waals surface area contributed by atoms with E-state index in [4.69, 9.17) is 0 Å². The van der Waals surface area contributed by atoms with Crippen molar-refractivity contribution in [3.8, 4) is 0 Å². The van der Waals surface area contributed by atoms with Gasteiger partial charge in [0.15, 0.2) is 0 Å². The molecule has 0 aromatic carbocycles. The van der Waals surface area contributed by atoms with Gasteiger partial charge in [0.2, 0.25) is 5.91 Å². The minimum Gasteiger partial charge on any atom is -0.349 e. The molecule has 1 saturated carbocycles. The molecule has 1 atom stereocenters. The van der Waals surface area contributed by atoms with Gasteiger partial charge in [-0.05, 0) is 12.8 Å². The second-order valence-electron chi connectivity index (χ2n) is 5.14. The number of hydrogen-bond donors (Lipinski definition) is 0. The van der Waals surface area contributed by atoms with E-state index < -0.39 is 0 Å². The van der Waals surface area contributed by atoms with E-state index in [-0.39, 0.29) is 17.7 Å². The molecule has 92 valence electrons. The van der Waals surface area contributed by atoms with E-state index in [1.165, 1.54) is 19.3 Å². The monoisotopic (exact) mass is 225 g/mol. The number of hydrogen-bond acceptors (Lipinski definition) is 2. The van der Waals surface area contributed by atoms with Crippen LogP contribution in [0.3, 0.4) is 0 Å². The minimum atomic E-state index is -0.163. The van der Waals surface area contributed by atoms with E-state index in [1.807, 2.05) is 6.92 Å². The van der Waals surface area contributed by atoms with Crippen molar-refractivity contribution in [1.82, 2.24) is 4.90 Å². The van der Waals surface area contributed by atoms with Gasteiger partial charge in [0.1, 0.15) is 5.78 Å². The zero-order valence-corrected chi connectivity index (χ0v) is 10.7. The van der Waals surface area contributed by atoms with Crippen molar-refractivity contribution in [2.75, 3.05) is 14.1 Å². The summed E-state index contributed by atoms with van der Waals surface area (Å²) in [6, 6.07) is 0. The molecule has 0 aromatic heterocycles. The van der Waals surface area contributed by atoms with E-state index in [9.17, 15) is 9.59 Å². The summed E-state index contributed by atoms with van der Waals surface area (Å²) in [7, 11) is 3.48. The van der Waals surface area contributed by atoms with Crippen LogP contribution < -0.4 is 0 Å². The van der Waals surface area contributed by atoms with Gasteiger partial charge in [-0.1, -0.05) is 26.2 Å². The molecule has 1 amide bonds. The second-order valence-corrected chi connectivity index (χ2v) is 5.14. The fraction of sp³-hybridized carbons (Fsp3) is 0.846. The van der Waals surface area contributed by atoms with Crippen molar-refractivity contribution in [1.29, 1.82) is 0 Å². The molecule has 0 saturated heterocycles. The normalized spacial score (nSPS) is 19.2. The van der Waals surface area contributed by atoms with Gasteiger partial charge in [-0.15, -0.1) is 0 Å². The number of Topliss-reactive ketones (excluding diaryl/α,β-unsaturated/α-hetero) is 1. The molecule has 0 bridgehead atoms. The molecular formula is C13H23NO2. The van der Waals surface area contributed by atoms with Gasteiger partial charge in [0, 0.05) is 32.4 Å². The van der Waals surface area contributed by atoms with E-state index in [0.29, 0.717) is 12.2 Å². The molecule has 1 rings (SSSR count). The van der Waals surface area contributed by atoms with Gasteiger partial charge >= 0.3 is 0 Å². The molecular weight excluding hydrogens is 202 g/mol. The molecule has 1 unspecified atom stereocenters. The molecule has 1 aliphatic rings. The standard InChI is InChI=1S/C13H23NO2/c1-10(13(16)14(2)3)9-12(15)11-7-5-4-6-8-11/h10-11H,4-9H2,1-3H3. The fourth-order valence-corrected chi connectivity index (χ4v) is 2.42. The summed E-state index contributed by atoms with van der Waals surface area (Å²) in [6.07, 6.45) is 6.08. The van der Waals surface area contributed by atoms with E-state index in [0.717, 1.165) is 12.8 Å². The first-order valence-corrected chi connectivity index (χ1v) is 6.26. The lowest BCUT2D eigenvalue weighted by Crippen LogP contribution is -2.31. The highest BCUT2D eigenvalue weighted by atomic mass is 16.2. The third-order valence-corrected chi connectivity index (χ3v) is 3.43. The van der Waals surface area contributed by atoms with Gasteiger partial charge < -0.3 is 4.90 Å². The van der Waals surface area contributed by atoms with Crippen LogP contribution in [0, 0.1) is 11.8 Å². The smallest absolute Gasteiger partial charge is 0.225 e. The maximum atomic E-state index is 12.0. The van der Waals surface area contributed by atoms with Gasteiger partial charge in [0.05, 0.1) is 0 Å². The SMILES string of the molecule is CC(CC(=O)C1CCCCC1)C(=O)N(C)C. The third kappa shape index (κ3) is 3.62. The van der Waals surface area contributed by atoms with Crippen LogP contribution in [-0.2, 0) is 9.59 Å². The Balaban J connectivity index is 2.40. The van der Waals surface area contributed by atoms with Gasteiger partial charge in [-0.25, -0.2) is 0 Å². The van der Waals surface area contributed by atoms with E-state index in [1.54, 1.807) is 19.0 Å². The maximum Gasteiger partial charge on any atom is 0.225 e. The fourth-order valence-electron chi connectivity index (χ4n) is 2.42. The van der Waals surface area contributed by atoms with Gasteiger partial charge in [-0.2, -0.15) is 0 Å². The summed E-state index contributed by atoms with van der Waals surface area (Å²) in [5.74, 6) is 0.419. The van der Waals surface area contributed by atoms with Crippen molar-refractivity contribution < 1.29 is 9.59 Å². The summed E-state index contributed by atoms with van der Waals surface area (Å²) in [5, 5.41) is 0. The highest BCUT2D eigenvalue weighted by Gasteiger charge is 2.25. The van der Waals surface area contributed by atoms with Gasteiger partial charge in [-0.3, -0.25) is 9.59 Å². The summed E-state index contributed by atoms with van der Waals surface area (Å²) < 4.78 is 0. The Morgan fingerprint density at radius 2 is 1.75 bits per heavy atom. The van der Waals surface area contributed by atoms with Crippen molar-refractivity contribution in [3.63, 3.8) is 0 Å². The first-order chi connectivity index (χ1) is 7.52. The third-order valence-electron chi connectivity index (χ3n) is 3.43. The summed E-state index contributed by atoms with van der Waals surface area (Å²) in [5.41, 5.74) is 0. The average molecular weight is 225 g/mol. The van der Waals surface area contributed by atoms with Crippen molar-refractivity contribution in [3.05, 3.63) is 0 Å². The van der Waals surface area contributed by atoms with Gasteiger partial charge in [0.25, 0.3) is 0 Å². The molecule has 0 N–H and O–H groups in total. The molecule has 16 heavy (non-hydrogen) atoms. The molecule has 1 fully saturated rings. The van der Waals surface area contributed by atoms with Crippen LogP contribution in [-0.4, -0.2) is 30.7 Å². The Labute approximate surface area is 98.2 Å². The predicted molar refractivity (Wildman–Crippen MR) is 64.1 cm³/mol. The Bertz CT molecular complexity index is 255. The first kappa shape index (κ1) is 13.2. The zero-order valence-electron chi connectivity index (χ0n) is 10.7. The Hall–Kier alpha value is -0.860. The zero-order chi connectivity index (χ0) is 12.1. The molecule has 0 heterocycles. The molecule has 0 aliphatic heterocycles. The van der Waals surface area contributed by atoms with Crippen LogP contribution >= 0.6 is 0 Å². The maximum absolute atomic E-state index is 12.0. The largest absolute Gasteiger partial charge is 0.349 e. The van der Waals surface area contributed by atoms with Crippen LogP contribution in [0.4, 0.5) is 0 Å². The van der Waals surface area contributed by atoms with E-state index in [2.05, 4.69) is 0 Å². The molecule has 3 heteroatoms. The molecule has 1 aliphatic carbocycles. The van der Waals surface area contributed by atoms with Crippen LogP contribution in [0.25, 0.3) is 0 Å². The topological polar surface area (TPSA) is 37.4 Å². The Morgan fingerprint density at radius 3 is 2.25 bits per heavy atom. The molecule has 0 aromatic rings. The van der Waals surface area contributed by atoms with Crippen molar-refractivity contribution >= 4 is 11.7 Å². The lowest BCUT2D eigenvalue weighted by atomic mass is 9.83. The number of ketones is 1. The minimum absolute atomic E-state index is 0.0594. The summed E-state index contributed by atoms with van der Waals surface area (Å²) in [4.78, 5) is 25.2. The number of nitrogens with zero attached hydrogens (tertiary/aromatic N) is 1. The summed E-state index contributed by atoms with van der Waals surface area (Å²) in [6.45, 7) is 1.85. The quantitative estimate of drug-likeness (QED) is 0.736. The number of rotatable bonds is 4. The molecule has 0 radical (unpaired) electrons. The lowest BCUT2D eigenvalue weighted by Gasteiger charge is -2.22. The van der Waals surface area contributed by atoms with Crippen molar-refractivity contribution in [2.45, 2.75) is 45.4 Å². The number of carbonyl (C=O) groups excluding carboxylic acids is 2.